The Labute approximate surface area is 116 Å². The van der Waals surface area contributed by atoms with E-state index in [2.05, 4.69) is 5.32 Å². The minimum Gasteiger partial charge on any atom is -0.481 e. The first kappa shape index (κ1) is 15.7. The number of carbonyl (C=O) groups is 3. The largest absolute Gasteiger partial charge is 0.481 e. The lowest BCUT2D eigenvalue weighted by Gasteiger charge is -2.24. The molecule has 108 valence electrons. The van der Waals surface area contributed by atoms with Crippen molar-refractivity contribution in [3.05, 3.63) is 35.9 Å². The van der Waals surface area contributed by atoms with Crippen molar-refractivity contribution in [3.63, 3.8) is 0 Å². The van der Waals surface area contributed by atoms with E-state index >= 15 is 0 Å². The van der Waals surface area contributed by atoms with Crippen LogP contribution in [0.15, 0.2) is 30.3 Å². The number of hydrogen-bond donors (Lipinski definition) is 3. The minimum atomic E-state index is -1.34. The average Bonchev–Trinajstić information content (AvgIpc) is 2.38. The molecular weight excluding hydrogens is 262 g/mol. The third-order valence-electron chi connectivity index (χ3n) is 3.06. The van der Waals surface area contributed by atoms with Gasteiger partial charge in [-0.2, -0.15) is 0 Å². The lowest BCUT2D eigenvalue weighted by atomic mass is 9.79. The molecule has 1 unspecified atom stereocenters. The summed E-state index contributed by atoms with van der Waals surface area (Å²) in [7, 11) is 0. The number of carboxylic acids is 2. The number of rotatable bonds is 7. The quantitative estimate of drug-likeness (QED) is 0.691. The summed E-state index contributed by atoms with van der Waals surface area (Å²) in [5.74, 6) is -2.61. The van der Waals surface area contributed by atoms with Crippen molar-refractivity contribution in [2.24, 2.45) is 0 Å². The van der Waals surface area contributed by atoms with Gasteiger partial charge in [-0.3, -0.25) is 14.4 Å². The molecule has 0 aliphatic rings. The molecule has 0 heterocycles. The third kappa shape index (κ3) is 4.08. The molecule has 6 heteroatoms. The van der Waals surface area contributed by atoms with Crippen LogP contribution < -0.4 is 5.32 Å². The highest BCUT2D eigenvalue weighted by Crippen LogP contribution is 2.27. The fourth-order valence-corrected chi connectivity index (χ4v) is 1.80. The van der Waals surface area contributed by atoms with Crippen LogP contribution in [0.5, 0.6) is 0 Å². The van der Waals surface area contributed by atoms with Crippen LogP contribution in [0.3, 0.4) is 0 Å². The molecule has 1 aromatic carbocycles. The van der Waals surface area contributed by atoms with Gasteiger partial charge in [0.05, 0.1) is 11.8 Å². The molecule has 1 rings (SSSR count). The molecule has 0 aromatic heterocycles. The van der Waals surface area contributed by atoms with Gasteiger partial charge in [0.25, 0.3) is 0 Å². The molecule has 0 fully saturated rings. The van der Waals surface area contributed by atoms with Crippen molar-refractivity contribution >= 4 is 17.8 Å². The first-order valence-electron chi connectivity index (χ1n) is 6.13. The Balaban J connectivity index is 2.75. The first-order chi connectivity index (χ1) is 9.36. The van der Waals surface area contributed by atoms with Gasteiger partial charge in [-0.1, -0.05) is 30.3 Å². The second-order valence-corrected chi connectivity index (χ2v) is 4.67. The molecule has 0 spiro atoms. The summed E-state index contributed by atoms with van der Waals surface area (Å²) in [6.45, 7) is 1.46. The van der Waals surface area contributed by atoms with Gasteiger partial charge in [0.15, 0.2) is 0 Å². The molecular formula is C14H17NO5. The molecule has 0 aliphatic carbocycles. The van der Waals surface area contributed by atoms with Crippen molar-refractivity contribution in [1.29, 1.82) is 0 Å². The lowest BCUT2D eigenvalue weighted by Crippen LogP contribution is -2.39. The van der Waals surface area contributed by atoms with E-state index in [0.29, 0.717) is 5.56 Å². The summed E-state index contributed by atoms with van der Waals surface area (Å²) < 4.78 is 0. The zero-order valence-electron chi connectivity index (χ0n) is 11.1. The van der Waals surface area contributed by atoms with Crippen LogP contribution in [-0.4, -0.2) is 34.6 Å². The Hall–Kier alpha value is -2.37. The van der Waals surface area contributed by atoms with Crippen molar-refractivity contribution in [3.8, 4) is 0 Å². The van der Waals surface area contributed by atoms with Crippen LogP contribution in [0.25, 0.3) is 0 Å². The maximum atomic E-state index is 11.8. The van der Waals surface area contributed by atoms with Gasteiger partial charge in [0.1, 0.15) is 0 Å². The SMILES string of the molecule is CC(CC(=O)NCCC(=O)O)(C(=O)O)c1ccccc1. The van der Waals surface area contributed by atoms with Crippen molar-refractivity contribution in [2.75, 3.05) is 6.54 Å². The Kier molecular flexibility index (Phi) is 5.25. The van der Waals surface area contributed by atoms with Gasteiger partial charge < -0.3 is 15.5 Å². The van der Waals surface area contributed by atoms with E-state index in [1.54, 1.807) is 30.3 Å². The minimum absolute atomic E-state index is 0.0152. The Morgan fingerprint density at radius 2 is 1.75 bits per heavy atom. The molecule has 0 aliphatic heterocycles. The van der Waals surface area contributed by atoms with Crippen LogP contribution in [0, 0.1) is 0 Å². The zero-order valence-corrected chi connectivity index (χ0v) is 11.1. The summed E-state index contributed by atoms with van der Waals surface area (Å²) >= 11 is 0. The number of hydrogen-bond acceptors (Lipinski definition) is 3. The van der Waals surface area contributed by atoms with E-state index in [4.69, 9.17) is 5.11 Å². The second-order valence-electron chi connectivity index (χ2n) is 4.67. The standard InChI is InChI=1S/C14H17NO5/c1-14(13(19)20,10-5-3-2-4-6-10)9-11(16)15-8-7-12(17)18/h2-6H,7-9H2,1H3,(H,15,16)(H,17,18)(H,19,20). The van der Waals surface area contributed by atoms with E-state index in [1.165, 1.54) is 6.92 Å². The summed E-state index contributed by atoms with van der Waals surface area (Å²) in [6.07, 6.45) is -0.438. The molecule has 6 nitrogen and oxygen atoms in total. The van der Waals surface area contributed by atoms with E-state index in [0.717, 1.165) is 0 Å². The molecule has 0 saturated heterocycles. The molecule has 20 heavy (non-hydrogen) atoms. The number of aliphatic carboxylic acids is 2. The van der Waals surface area contributed by atoms with Gasteiger partial charge in [-0.05, 0) is 12.5 Å². The number of carbonyl (C=O) groups excluding carboxylic acids is 1. The third-order valence-corrected chi connectivity index (χ3v) is 3.06. The topological polar surface area (TPSA) is 104 Å². The fourth-order valence-electron chi connectivity index (χ4n) is 1.80. The molecule has 0 bridgehead atoms. The highest BCUT2D eigenvalue weighted by atomic mass is 16.4. The van der Waals surface area contributed by atoms with Crippen LogP contribution in [0.1, 0.15) is 25.3 Å². The Morgan fingerprint density at radius 3 is 2.25 bits per heavy atom. The van der Waals surface area contributed by atoms with Gasteiger partial charge in [-0.15, -0.1) is 0 Å². The summed E-state index contributed by atoms with van der Waals surface area (Å²) in [5.41, 5.74) is -0.810. The van der Waals surface area contributed by atoms with Crippen LogP contribution in [0.2, 0.25) is 0 Å². The Morgan fingerprint density at radius 1 is 1.15 bits per heavy atom. The van der Waals surface area contributed by atoms with Gasteiger partial charge in [0.2, 0.25) is 5.91 Å². The molecule has 0 saturated carbocycles. The van der Waals surface area contributed by atoms with E-state index in [9.17, 15) is 19.5 Å². The molecule has 1 amide bonds. The number of amides is 1. The second kappa shape index (κ2) is 6.70. The molecule has 1 aromatic rings. The van der Waals surface area contributed by atoms with Gasteiger partial charge >= 0.3 is 11.9 Å². The van der Waals surface area contributed by atoms with Gasteiger partial charge in [0, 0.05) is 13.0 Å². The lowest BCUT2D eigenvalue weighted by molar-refractivity contribution is -0.145. The number of carboxylic acid groups (broad SMARTS) is 2. The van der Waals surface area contributed by atoms with E-state index in [-0.39, 0.29) is 19.4 Å². The van der Waals surface area contributed by atoms with Crippen molar-refractivity contribution in [1.82, 2.24) is 5.32 Å². The highest BCUT2D eigenvalue weighted by molar-refractivity contribution is 5.89. The molecule has 1 atom stereocenters. The normalized spacial score (nSPS) is 13.2. The highest BCUT2D eigenvalue weighted by Gasteiger charge is 2.37. The maximum Gasteiger partial charge on any atom is 0.314 e. The summed E-state index contributed by atoms with van der Waals surface area (Å²) in [6, 6.07) is 8.48. The monoisotopic (exact) mass is 279 g/mol. The van der Waals surface area contributed by atoms with Gasteiger partial charge in [-0.25, -0.2) is 0 Å². The predicted molar refractivity (Wildman–Crippen MR) is 71.3 cm³/mol. The summed E-state index contributed by atoms with van der Waals surface area (Å²) in [5, 5.41) is 20.3. The van der Waals surface area contributed by atoms with Crippen LogP contribution >= 0.6 is 0 Å². The predicted octanol–water partition coefficient (Wildman–Crippen LogP) is 1.01. The van der Waals surface area contributed by atoms with Crippen molar-refractivity contribution < 1.29 is 24.6 Å². The smallest absolute Gasteiger partial charge is 0.314 e. The number of nitrogens with one attached hydrogen (secondary N) is 1. The maximum absolute atomic E-state index is 11.8. The summed E-state index contributed by atoms with van der Waals surface area (Å²) in [4.78, 5) is 33.6. The Bertz CT molecular complexity index is 500. The first-order valence-corrected chi connectivity index (χ1v) is 6.13. The van der Waals surface area contributed by atoms with Crippen LogP contribution in [-0.2, 0) is 19.8 Å². The fraction of sp³-hybridized carbons (Fsp3) is 0.357. The average molecular weight is 279 g/mol. The van der Waals surface area contributed by atoms with E-state index < -0.39 is 23.3 Å². The van der Waals surface area contributed by atoms with E-state index in [1.807, 2.05) is 0 Å². The molecule has 0 radical (unpaired) electrons. The number of benzene rings is 1. The zero-order chi connectivity index (χ0) is 15.2. The van der Waals surface area contributed by atoms with Crippen LogP contribution in [0.4, 0.5) is 0 Å². The van der Waals surface area contributed by atoms with Crippen molar-refractivity contribution in [2.45, 2.75) is 25.2 Å². The molecule has 3 N–H and O–H groups in total.